The SMILES string of the molecule is CCOc1ccc(C(O)=C2C(=O)C(=O)N(Cc3ccco3)C2c2sccc2C)cc1. The van der Waals surface area contributed by atoms with Gasteiger partial charge >= 0.3 is 0 Å². The summed E-state index contributed by atoms with van der Waals surface area (Å²) in [5.41, 5.74) is 1.49. The standard InChI is InChI=1S/C23H21NO5S/c1-3-28-16-8-6-15(7-9-16)20(25)18-19(22-14(2)10-12-30-22)24(23(27)21(18)26)13-17-5-4-11-29-17/h4-12,19,25H,3,13H2,1-2H3. The average molecular weight is 423 g/mol. The number of furan rings is 1. The number of ether oxygens (including phenoxy) is 1. The molecule has 1 N–H and O–H groups in total. The summed E-state index contributed by atoms with van der Waals surface area (Å²) in [5, 5.41) is 13.0. The van der Waals surface area contributed by atoms with Crippen molar-refractivity contribution < 1.29 is 23.8 Å². The first-order chi connectivity index (χ1) is 14.5. The van der Waals surface area contributed by atoms with Crippen LogP contribution in [0.2, 0.25) is 0 Å². The third-order valence-electron chi connectivity index (χ3n) is 5.04. The van der Waals surface area contributed by atoms with Gasteiger partial charge in [-0.3, -0.25) is 9.59 Å². The molecule has 1 fully saturated rings. The molecule has 0 spiro atoms. The Balaban J connectivity index is 1.81. The van der Waals surface area contributed by atoms with Crippen LogP contribution >= 0.6 is 11.3 Å². The van der Waals surface area contributed by atoms with E-state index in [0.29, 0.717) is 23.7 Å². The molecule has 1 saturated heterocycles. The summed E-state index contributed by atoms with van der Waals surface area (Å²) in [4.78, 5) is 28.2. The summed E-state index contributed by atoms with van der Waals surface area (Å²) < 4.78 is 10.8. The third-order valence-corrected chi connectivity index (χ3v) is 6.11. The monoisotopic (exact) mass is 423 g/mol. The number of benzene rings is 1. The highest BCUT2D eigenvalue weighted by Crippen LogP contribution is 2.43. The van der Waals surface area contributed by atoms with Gasteiger partial charge in [0, 0.05) is 10.4 Å². The second-order valence-electron chi connectivity index (χ2n) is 6.93. The molecule has 30 heavy (non-hydrogen) atoms. The van der Waals surface area contributed by atoms with E-state index in [-0.39, 0.29) is 17.9 Å². The topological polar surface area (TPSA) is 80.0 Å². The van der Waals surface area contributed by atoms with Crippen LogP contribution in [0.4, 0.5) is 0 Å². The van der Waals surface area contributed by atoms with Crippen molar-refractivity contribution in [2.24, 2.45) is 0 Å². The number of nitrogens with zero attached hydrogens (tertiary/aromatic N) is 1. The molecule has 1 aliphatic heterocycles. The molecule has 1 aromatic carbocycles. The lowest BCUT2D eigenvalue weighted by atomic mass is 9.98. The van der Waals surface area contributed by atoms with Crippen LogP contribution in [0, 0.1) is 6.92 Å². The highest BCUT2D eigenvalue weighted by molar-refractivity contribution is 7.10. The fourth-order valence-corrected chi connectivity index (χ4v) is 4.63. The highest BCUT2D eigenvalue weighted by atomic mass is 32.1. The number of aryl methyl sites for hydroxylation is 1. The minimum atomic E-state index is -0.703. The molecule has 154 valence electrons. The van der Waals surface area contributed by atoms with Gasteiger partial charge in [0.15, 0.2) is 0 Å². The van der Waals surface area contributed by atoms with Crippen LogP contribution in [0.15, 0.2) is 64.1 Å². The molecule has 3 heterocycles. The molecule has 0 aliphatic carbocycles. The molecule has 3 aromatic rings. The van der Waals surface area contributed by atoms with E-state index in [0.717, 1.165) is 10.4 Å². The van der Waals surface area contributed by atoms with E-state index >= 15 is 0 Å². The van der Waals surface area contributed by atoms with Gasteiger partial charge in [-0.15, -0.1) is 11.3 Å². The second-order valence-corrected chi connectivity index (χ2v) is 7.88. The summed E-state index contributed by atoms with van der Waals surface area (Å²) in [6, 6.07) is 11.6. The maximum atomic E-state index is 13.0. The number of hydrogen-bond donors (Lipinski definition) is 1. The van der Waals surface area contributed by atoms with Gasteiger partial charge in [-0.2, -0.15) is 0 Å². The zero-order valence-corrected chi connectivity index (χ0v) is 17.4. The largest absolute Gasteiger partial charge is 0.507 e. The van der Waals surface area contributed by atoms with Crippen molar-refractivity contribution in [2.75, 3.05) is 6.61 Å². The van der Waals surface area contributed by atoms with Crippen LogP contribution in [0.5, 0.6) is 5.75 Å². The van der Waals surface area contributed by atoms with Crippen LogP contribution in [0.1, 0.15) is 34.7 Å². The molecule has 0 saturated carbocycles. The minimum Gasteiger partial charge on any atom is -0.507 e. The number of ketones is 1. The van der Waals surface area contributed by atoms with Crippen molar-refractivity contribution in [3.05, 3.63) is 81.4 Å². The molecule has 1 unspecified atom stereocenters. The normalized spacial score (nSPS) is 18.2. The number of thiophene rings is 1. The highest BCUT2D eigenvalue weighted by Gasteiger charge is 2.47. The number of rotatable bonds is 6. The minimum absolute atomic E-state index is 0.0845. The number of amides is 1. The number of aliphatic hydroxyl groups excluding tert-OH is 1. The third kappa shape index (κ3) is 3.52. The van der Waals surface area contributed by atoms with E-state index in [9.17, 15) is 14.7 Å². The average Bonchev–Trinajstić information content (AvgIpc) is 3.46. The first-order valence-electron chi connectivity index (χ1n) is 9.59. The first kappa shape index (κ1) is 20.0. The molecule has 1 aliphatic rings. The number of aliphatic hydroxyl groups is 1. The molecule has 1 amide bonds. The zero-order chi connectivity index (χ0) is 21.3. The van der Waals surface area contributed by atoms with Crippen molar-refractivity contribution in [1.29, 1.82) is 0 Å². The Morgan fingerprint density at radius 2 is 1.97 bits per heavy atom. The lowest BCUT2D eigenvalue weighted by Crippen LogP contribution is -2.28. The Morgan fingerprint density at radius 3 is 2.57 bits per heavy atom. The van der Waals surface area contributed by atoms with Crippen molar-refractivity contribution in [3.8, 4) is 5.75 Å². The van der Waals surface area contributed by atoms with Crippen LogP contribution < -0.4 is 4.74 Å². The molecule has 2 aromatic heterocycles. The lowest BCUT2D eigenvalue weighted by molar-refractivity contribution is -0.140. The van der Waals surface area contributed by atoms with Gasteiger partial charge < -0.3 is 19.2 Å². The van der Waals surface area contributed by atoms with Crippen LogP contribution in [0.3, 0.4) is 0 Å². The molecule has 1 atom stereocenters. The number of Topliss-reactive ketones (excluding diaryl/α,β-unsaturated/α-hetero) is 1. The van der Waals surface area contributed by atoms with Crippen LogP contribution in [0.25, 0.3) is 5.76 Å². The number of likely N-dealkylation sites (tertiary alicyclic amines) is 1. The van der Waals surface area contributed by atoms with Gasteiger partial charge in [0.1, 0.15) is 23.3 Å². The molecule has 7 heteroatoms. The second kappa shape index (κ2) is 8.20. The quantitative estimate of drug-likeness (QED) is 0.354. The Hall–Kier alpha value is -3.32. The van der Waals surface area contributed by atoms with Gasteiger partial charge in [-0.05, 0) is 67.3 Å². The maximum absolute atomic E-state index is 13.0. The Morgan fingerprint density at radius 1 is 1.20 bits per heavy atom. The van der Waals surface area contributed by atoms with Crippen molar-refractivity contribution in [3.63, 3.8) is 0 Å². The van der Waals surface area contributed by atoms with Crippen molar-refractivity contribution >= 4 is 28.8 Å². The number of carbonyl (C=O) groups excluding carboxylic acids is 2. The first-order valence-corrected chi connectivity index (χ1v) is 10.5. The van der Waals surface area contributed by atoms with E-state index in [2.05, 4.69) is 0 Å². The van der Waals surface area contributed by atoms with E-state index < -0.39 is 17.7 Å². The van der Waals surface area contributed by atoms with Gasteiger partial charge in [0.25, 0.3) is 11.7 Å². The predicted molar refractivity (Wildman–Crippen MR) is 113 cm³/mol. The molecule has 4 rings (SSSR count). The van der Waals surface area contributed by atoms with Gasteiger partial charge in [-0.25, -0.2) is 0 Å². The fraction of sp³-hybridized carbons (Fsp3) is 0.217. The van der Waals surface area contributed by atoms with E-state index in [1.54, 1.807) is 36.4 Å². The Kier molecular flexibility index (Phi) is 5.46. The van der Waals surface area contributed by atoms with Gasteiger partial charge in [0.2, 0.25) is 0 Å². The smallest absolute Gasteiger partial charge is 0.296 e. The van der Waals surface area contributed by atoms with E-state index in [1.165, 1.54) is 22.5 Å². The predicted octanol–water partition coefficient (Wildman–Crippen LogP) is 4.67. The Bertz CT molecular complexity index is 1100. The summed E-state index contributed by atoms with van der Waals surface area (Å²) >= 11 is 1.45. The number of carbonyl (C=O) groups is 2. The van der Waals surface area contributed by atoms with Crippen molar-refractivity contribution in [1.82, 2.24) is 4.90 Å². The van der Waals surface area contributed by atoms with Crippen molar-refractivity contribution in [2.45, 2.75) is 26.4 Å². The van der Waals surface area contributed by atoms with E-state index in [4.69, 9.17) is 9.15 Å². The maximum Gasteiger partial charge on any atom is 0.296 e. The summed E-state index contributed by atoms with van der Waals surface area (Å²) in [7, 11) is 0. The van der Waals surface area contributed by atoms with Crippen LogP contribution in [-0.2, 0) is 16.1 Å². The van der Waals surface area contributed by atoms with Crippen LogP contribution in [-0.4, -0.2) is 28.3 Å². The zero-order valence-electron chi connectivity index (χ0n) is 16.6. The summed E-state index contributed by atoms with van der Waals surface area (Å²) in [6.07, 6.45) is 1.53. The summed E-state index contributed by atoms with van der Waals surface area (Å²) in [5.74, 6) is -0.325. The molecule has 6 nitrogen and oxygen atoms in total. The summed E-state index contributed by atoms with van der Waals surface area (Å²) in [6.45, 7) is 4.48. The fourth-order valence-electron chi connectivity index (χ4n) is 3.58. The molecular formula is C23H21NO5S. The number of hydrogen-bond acceptors (Lipinski definition) is 6. The molecule has 0 radical (unpaired) electrons. The van der Waals surface area contributed by atoms with E-state index in [1.807, 2.05) is 25.3 Å². The molecule has 0 bridgehead atoms. The van der Waals surface area contributed by atoms with Gasteiger partial charge in [-0.1, -0.05) is 0 Å². The Labute approximate surface area is 178 Å². The molecular weight excluding hydrogens is 402 g/mol. The van der Waals surface area contributed by atoms with Gasteiger partial charge in [0.05, 0.1) is 25.0 Å². The lowest BCUT2D eigenvalue weighted by Gasteiger charge is -2.24.